The molecule has 0 unspecified atom stereocenters. The molecule has 3 heterocycles. The largest absolute Gasteiger partial charge is 0.481 e. The van der Waals surface area contributed by atoms with E-state index in [1.165, 1.54) is 12.1 Å². The van der Waals surface area contributed by atoms with Gasteiger partial charge in [-0.25, -0.2) is 9.97 Å². The van der Waals surface area contributed by atoms with Crippen LogP contribution in [0.3, 0.4) is 0 Å². The number of likely N-dealkylation sites (tertiary alicyclic amines) is 1. The Balaban J connectivity index is 0.00000167. The Kier molecular flexibility index (Phi) is 9.42. The molecule has 2 N–H and O–H groups in total. The van der Waals surface area contributed by atoms with Gasteiger partial charge in [0.2, 0.25) is 5.95 Å². The Morgan fingerprint density at radius 2 is 1.69 bits per heavy atom. The molecule has 3 aromatic rings. The lowest BCUT2D eigenvalue weighted by Gasteiger charge is -2.29. The molecule has 0 spiro atoms. The third-order valence-electron chi connectivity index (χ3n) is 5.47. The molecule has 0 atom stereocenters. The number of halogens is 2. The number of piperidine rings is 1. The quantitative estimate of drug-likeness (QED) is 0.449. The molecule has 4 rings (SSSR count). The van der Waals surface area contributed by atoms with Crippen LogP contribution in [0.2, 0.25) is 0 Å². The number of nitrogens with zero attached hydrogens (tertiary/aromatic N) is 4. The minimum absolute atomic E-state index is 0.0913. The van der Waals surface area contributed by atoms with E-state index in [9.17, 15) is 13.6 Å². The molecular weight excluding hydrogens is 456 g/mol. The molecule has 0 radical (unpaired) electrons. The van der Waals surface area contributed by atoms with Crippen molar-refractivity contribution in [2.45, 2.75) is 39.8 Å². The molecule has 1 saturated heterocycles. The highest BCUT2D eigenvalue weighted by atomic mass is 19.3. The third-order valence-corrected chi connectivity index (χ3v) is 5.47. The normalized spacial score (nSPS) is 14.2. The average molecular weight is 486 g/mol. The van der Waals surface area contributed by atoms with Crippen LogP contribution in [0.5, 0.6) is 5.75 Å². The Labute approximate surface area is 203 Å². The van der Waals surface area contributed by atoms with Crippen molar-refractivity contribution in [2.75, 3.05) is 18.4 Å². The van der Waals surface area contributed by atoms with Gasteiger partial charge in [-0.1, -0.05) is 26.0 Å². The number of anilines is 2. The third kappa shape index (κ3) is 7.68. The number of rotatable bonds is 8. The highest BCUT2D eigenvalue weighted by Gasteiger charge is 2.24. The zero-order valence-electron chi connectivity index (χ0n) is 19.7. The second-order valence-corrected chi connectivity index (χ2v) is 7.75. The summed E-state index contributed by atoms with van der Waals surface area (Å²) in [6.45, 7) is 3.32. The maximum atomic E-state index is 12.3. The standard InChI is InChI=1S/C23H23F2N5O3.C2H6/c24-22(25)33-20-5-1-15(2-6-20)17-11-27-23(28-12-17)29-18-3-4-19(26-13-18)14-30-9-7-16(8-10-30)21(31)32;1-2/h1-6,11-13,16,22H,7-10,14H2,(H,31,32)(H,27,28,29);1-2H3. The molecule has 0 saturated carbocycles. The number of hydrogen-bond donors (Lipinski definition) is 2. The van der Waals surface area contributed by atoms with Gasteiger partial charge >= 0.3 is 12.6 Å². The van der Waals surface area contributed by atoms with Gasteiger partial charge in [0.25, 0.3) is 0 Å². The average Bonchev–Trinajstić information content (AvgIpc) is 2.87. The number of nitrogens with one attached hydrogen (secondary N) is 1. The van der Waals surface area contributed by atoms with E-state index < -0.39 is 12.6 Å². The summed E-state index contributed by atoms with van der Waals surface area (Å²) >= 11 is 0. The predicted octanol–water partition coefficient (Wildman–Crippen LogP) is 5.21. The van der Waals surface area contributed by atoms with Gasteiger partial charge in [0.05, 0.1) is 23.5 Å². The van der Waals surface area contributed by atoms with Gasteiger partial charge < -0.3 is 15.2 Å². The number of hydrogen-bond acceptors (Lipinski definition) is 7. The Morgan fingerprint density at radius 1 is 1.03 bits per heavy atom. The van der Waals surface area contributed by atoms with Gasteiger partial charge in [-0.15, -0.1) is 0 Å². The van der Waals surface area contributed by atoms with Crippen molar-refractivity contribution < 1.29 is 23.4 Å². The van der Waals surface area contributed by atoms with Crippen LogP contribution in [0.25, 0.3) is 11.1 Å². The van der Waals surface area contributed by atoms with Crippen LogP contribution in [0.15, 0.2) is 55.0 Å². The molecule has 10 heteroatoms. The topological polar surface area (TPSA) is 100 Å². The van der Waals surface area contributed by atoms with Gasteiger partial charge in [0.1, 0.15) is 5.75 Å². The highest BCUT2D eigenvalue weighted by molar-refractivity contribution is 5.70. The second kappa shape index (κ2) is 12.7. The fourth-order valence-electron chi connectivity index (χ4n) is 3.66. The molecule has 0 amide bonds. The summed E-state index contributed by atoms with van der Waals surface area (Å²) < 4.78 is 28.9. The number of ether oxygens (including phenoxy) is 1. The van der Waals surface area contributed by atoms with Crippen LogP contribution in [-0.4, -0.2) is 50.6 Å². The smallest absolute Gasteiger partial charge is 0.387 e. The Bertz CT molecular complexity index is 1060. The van der Waals surface area contributed by atoms with E-state index in [4.69, 9.17) is 5.11 Å². The first-order valence-electron chi connectivity index (χ1n) is 11.5. The molecule has 0 aliphatic carbocycles. The van der Waals surface area contributed by atoms with Gasteiger partial charge in [-0.3, -0.25) is 14.7 Å². The van der Waals surface area contributed by atoms with Crippen molar-refractivity contribution in [3.05, 3.63) is 60.7 Å². The minimum Gasteiger partial charge on any atom is -0.481 e. The first kappa shape index (κ1) is 26.0. The molecule has 1 fully saturated rings. The van der Waals surface area contributed by atoms with E-state index in [0.29, 0.717) is 25.3 Å². The van der Waals surface area contributed by atoms with Gasteiger partial charge in [-0.2, -0.15) is 8.78 Å². The minimum atomic E-state index is -2.86. The van der Waals surface area contributed by atoms with E-state index in [1.54, 1.807) is 30.7 Å². The van der Waals surface area contributed by atoms with Crippen LogP contribution >= 0.6 is 0 Å². The molecule has 8 nitrogen and oxygen atoms in total. The van der Waals surface area contributed by atoms with Crippen molar-refractivity contribution in [3.8, 4) is 16.9 Å². The van der Waals surface area contributed by atoms with E-state index in [2.05, 4.69) is 29.9 Å². The van der Waals surface area contributed by atoms with Crippen LogP contribution < -0.4 is 10.1 Å². The Hall–Kier alpha value is -3.66. The number of pyridine rings is 1. The van der Waals surface area contributed by atoms with Gasteiger partial charge in [-0.05, 0) is 55.8 Å². The number of aromatic nitrogens is 3. The lowest BCUT2D eigenvalue weighted by molar-refractivity contribution is -0.143. The number of alkyl halides is 2. The maximum absolute atomic E-state index is 12.3. The molecular formula is C25H29F2N5O3. The van der Waals surface area contributed by atoms with Crippen LogP contribution in [0.4, 0.5) is 20.4 Å². The lowest BCUT2D eigenvalue weighted by Crippen LogP contribution is -2.36. The summed E-state index contributed by atoms with van der Waals surface area (Å²) in [6, 6.07) is 10.1. The summed E-state index contributed by atoms with van der Waals surface area (Å²) in [7, 11) is 0. The summed E-state index contributed by atoms with van der Waals surface area (Å²) in [5, 5.41) is 12.2. The fraction of sp³-hybridized carbons (Fsp3) is 0.360. The summed E-state index contributed by atoms with van der Waals surface area (Å²) in [5.41, 5.74) is 3.17. The van der Waals surface area contributed by atoms with Crippen molar-refractivity contribution in [2.24, 2.45) is 5.92 Å². The molecule has 35 heavy (non-hydrogen) atoms. The first-order chi connectivity index (χ1) is 17.0. The number of carboxylic acids is 1. The summed E-state index contributed by atoms with van der Waals surface area (Å²) in [6.07, 6.45) is 6.31. The summed E-state index contributed by atoms with van der Waals surface area (Å²) in [5.74, 6) is -0.461. The van der Waals surface area contributed by atoms with Crippen LogP contribution in [-0.2, 0) is 11.3 Å². The second-order valence-electron chi connectivity index (χ2n) is 7.75. The van der Waals surface area contributed by atoms with E-state index in [-0.39, 0.29) is 11.7 Å². The zero-order chi connectivity index (χ0) is 25.2. The first-order valence-corrected chi connectivity index (χ1v) is 11.5. The SMILES string of the molecule is CC.O=C(O)C1CCN(Cc2ccc(Nc3ncc(-c4ccc(OC(F)F)cc4)cn3)cn2)CC1. The molecule has 2 aromatic heterocycles. The van der Waals surface area contributed by atoms with E-state index >= 15 is 0 Å². The molecule has 0 bridgehead atoms. The summed E-state index contributed by atoms with van der Waals surface area (Å²) in [4.78, 5) is 26.4. The van der Waals surface area contributed by atoms with Crippen molar-refractivity contribution in [3.63, 3.8) is 0 Å². The highest BCUT2D eigenvalue weighted by Crippen LogP contribution is 2.23. The lowest BCUT2D eigenvalue weighted by atomic mass is 9.97. The maximum Gasteiger partial charge on any atom is 0.387 e. The number of benzene rings is 1. The molecule has 1 aromatic carbocycles. The number of carbonyl (C=O) groups is 1. The van der Waals surface area contributed by atoms with Crippen molar-refractivity contribution in [1.82, 2.24) is 19.9 Å². The van der Waals surface area contributed by atoms with Crippen LogP contribution in [0.1, 0.15) is 32.4 Å². The monoisotopic (exact) mass is 485 g/mol. The predicted molar refractivity (Wildman–Crippen MR) is 129 cm³/mol. The molecule has 186 valence electrons. The van der Waals surface area contributed by atoms with Gasteiger partial charge in [0.15, 0.2) is 0 Å². The number of aliphatic carboxylic acids is 1. The molecule has 1 aliphatic rings. The fourth-order valence-corrected chi connectivity index (χ4v) is 3.66. The van der Waals surface area contributed by atoms with E-state index in [1.807, 2.05) is 26.0 Å². The van der Waals surface area contributed by atoms with Crippen molar-refractivity contribution >= 4 is 17.6 Å². The Morgan fingerprint density at radius 3 is 2.23 bits per heavy atom. The van der Waals surface area contributed by atoms with Crippen LogP contribution in [0, 0.1) is 5.92 Å². The van der Waals surface area contributed by atoms with Gasteiger partial charge in [0, 0.05) is 24.5 Å². The molecule has 1 aliphatic heterocycles. The zero-order valence-corrected chi connectivity index (χ0v) is 19.7. The van der Waals surface area contributed by atoms with Crippen molar-refractivity contribution in [1.29, 1.82) is 0 Å². The van der Waals surface area contributed by atoms with E-state index in [0.717, 1.165) is 35.6 Å². The number of carboxylic acid groups (broad SMARTS) is 1.